The standard InChI is InChI=1S/C33H38N2O12Se/c1-16(27(31(40)41)35-33(42)44-14-25-23-12-8-6-10-21(23)22-11-7-9-13-24(22)25)48-32-28(34-17(2)36)30(46-20(5)39)29(45-19(4)38)26(47-32)15-43-18(3)37/h6-13,16,25-30,32H,14-15H2,1-5H3,(H,34,36)(H,35,42)(H,40,41)/t16-,26?,27+,28?,29+,30?,32-/m1/s1. The molecule has 7 atom stereocenters. The van der Waals surface area contributed by atoms with Gasteiger partial charge < -0.3 is 0 Å². The molecular weight excluding hydrogens is 695 g/mol. The molecular formula is C33H38N2O12Se. The number of hydrogen-bond acceptors (Lipinski definition) is 11. The third-order valence-corrected chi connectivity index (χ3v) is 10.7. The summed E-state index contributed by atoms with van der Waals surface area (Å²) >= 11 is -0.860. The summed E-state index contributed by atoms with van der Waals surface area (Å²) in [6.45, 7) is 5.82. The van der Waals surface area contributed by atoms with Crippen LogP contribution in [-0.2, 0) is 47.7 Å². The molecule has 0 spiro atoms. The second-order valence-corrected chi connectivity index (χ2v) is 14.5. The van der Waals surface area contributed by atoms with Gasteiger partial charge in [0.15, 0.2) is 0 Å². The van der Waals surface area contributed by atoms with Crippen molar-refractivity contribution in [3.63, 3.8) is 0 Å². The van der Waals surface area contributed by atoms with Crippen molar-refractivity contribution in [1.29, 1.82) is 0 Å². The predicted molar refractivity (Wildman–Crippen MR) is 169 cm³/mol. The Balaban J connectivity index is 1.52. The zero-order valence-electron chi connectivity index (χ0n) is 27.0. The third-order valence-electron chi connectivity index (χ3n) is 7.77. The Morgan fingerprint density at radius 2 is 1.38 bits per heavy atom. The topological polar surface area (TPSA) is 193 Å². The van der Waals surface area contributed by atoms with E-state index in [1.807, 2.05) is 48.5 Å². The van der Waals surface area contributed by atoms with Gasteiger partial charge in [-0.3, -0.25) is 0 Å². The van der Waals surface area contributed by atoms with Gasteiger partial charge in [0.1, 0.15) is 0 Å². The maximum atomic E-state index is 13.0. The molecule has 2 aromatic carbocycles. The molecule has 4 rings (SSSR count). The van der Waals surface area contributed by atoms with Gasteiger partial charge in [-0.05, 0) is 0 Å². The minimum absolute atomic E-state index is 0.0263. The van der Waals surface area contributed by atoms with Crippen molar-refractivity contribution >= 4 is 50.8 Å². The van der Waals surface area contributed by atoms with E-state index in [0.29, 0.717) is 0 Å². The molecule has 2 amide bonds. The Hall–Kier alpha value is -4.46. The fraction of sp³-hybridized carbons (Fsp3) is 0.455. The van der Waals surface area contributed by atoms with Crippen LogP contribution < -0.4 is 10.6 Å². The van der Waals surface area contributed by atoms with Crippen LogP contribution in [0.2, 0.25) is 4.82 Å². The van der Waals surface area contributed by atoms with Crippen molar-refractivity contribution in [2.45, 2.75) is 80.8 Å². The van der Waals surface area contributed by atoms with Crippen LogP contribution in [0.3, 0.4) is 0 Å². The molecule has 14 nitrogen and oxygen atoms in total. The first-order valence-electron chi connectivity index (χ1n) is 15.2. The molecule has 3 N–H and O–H groups in total. The maximum absolute atomic E-state index is 13.0. The molecule has 15 heteroatoms. The summed E-state index contributed by atoms with van der Waals surface area (Å²) in [7, 11) is 0. The number of carbonyl (C=O) groups excluding carboxylic acids is 5. The second kappa shape index (κ2) is 16.1. The monoisotopic (exact) mass is 734 g/mol. The fourth-order valence-electron chi connectivity index (χ4n) is 5.84. The number of nitrogens with one attached hydrogen (secondary N) is 2. The number of fused-ring (bicyclic) bond motifs is 3. The van der Waals surface area contributed by atoms with Crippen molar-refractivity contribution in [3.8, 4) is 11.1 Å². The van der Waals surface area contributed by atoms with E-state index in [4.69, 9.17) is 23.7 Å². The summed E-state index contributed by atoms with van der Waals surface area (Å²) in [4.78, 5) is 72.8. The molecule has 1 aliphatic heterocycles. The number of rotatable bonds is 12. The van der Waals surface area contributed by atoms with E-state index in [1.54, 1.807) is 6.92 Å². The van der Waals surface area contributed by atoms with Gasteiger partial charge in [-0.1, -0.05) is 0 Å². The zero-order valence-corrected chi connectivity index (χ0v) is 28.7. The Kier molecular flexibility index (Phi) is 12.2. The molecule has 0 aromatic heterocycles. The molecule has 0 bridgehead atoms. The van der Waals surface area contributed by atoms with E-state index in [2.05, 4.69) is 10.6 Å². The number of carboxylic acid groups (broad SMARTS) is 1. The number of aliphatic carboxylic acids is 1. The molecule has 0 saturated carbocycles. The number of alkyl carbamates (subject to hydrolysis) is 1. The first-order chi connectivity index (χ1) is 22.8. The molecule has 258 valence electrons. The molecule has 2 aromatic rings. The summed E-state index contributed by atoms with van der Waals surface area (Å²) in [5.74, 6) is -4.25. The molecule has 0 radical (unpaired) electrons. The van der Waals surface area contributed by atoms with Crippen molar-refractivity contribution in [2.24, 2.45) is 0 Å². The van der Waals surface area contributed by atoms with Crippen LogP contribution in [0.15, 0.2) is 48.5 Å². The van der Waals surface area contributed by atoms with E-state index < -0.39 is 91.0 Å². The Labute approximate surface area is 283 Å². The second-order valence-electron chi connectivity index (χ2n) is 11.3. The zero-order chi connectivity index (χ0) is 35.1. The number of amides is 2. The Morgan fingerprint density at radius 1 is 0.812 bits per heavy atom. The van der Waals surface area contributed by atoms with E-state index in [1.165, 1.54) is 13.8 Å². The van der Waals surface area contributed by atoms with Crippen LogP contribution in [0.1, 0.15) is 51.7 Å². The van der Waals surface area contributed by atoms with Gasteiger partial charge in [-0.25, -0.2) is 0 Å². The predicted octanol–water partition coefficient (Wildman–Crippen LogP) is 2.15. The number of hydrogen-bond donors (Lipinski definition) is 3. The van der Waals surface area contributed by atoms with Gasteiger partial charge in [0.05, 0.1) is 0 Å². The molecule has 1 fully saturated rings. The average Bonchev–Trinajstić information content (AvgIpc) is 3.33. The van der Waals surface area contributed by atoms with Gasteiger partial charge in [0.25, 0.3) is 0 Å². The van der Waals surface area contributed by atoms with Crippen LogP contribution in [0.25, 0.3) is 11.1 Å². The quantitative estimate of drug-likeness (QED) is 0.164. The number of carboxylic acids is 1. The van der Waals surface area contributed by atoms with Gasteiger partial charge in [0.2, 0.25) is 0 Å². The van der Waals surface area contributed by atoms with Crippen LogP contribution in [0.5, 0.6) is 0 Å². The Bertz CT molecular complexity index is 1500. The van der Waals surface area contributed by atoms with Crippen molar-refractivity contribution in [2.75, 3.05) is 13.2 Å². The summed E-state index contributed by atoms with van der Waals surface area (Å²) < 4.78 is 27.8. The van der Waals surface area contributed by atoms with Gasteiger partial charge in [0, 0.05) is 0 Å². The number of ether oxygens (including phenoxy) is 5. The van der Waals surface area contributed by atoms with E-state index in [9.17, 15) is 33.9 Å². The van der Waals surface area contributed by atoms with Crippen molar-refractivity contribution in [3.05, 3.63) is 59.7 Å². The van der Waals surface area contributed by atoms with E-state index in [-0.39, 0.29) is 19.1 Å². The SMILES string of the molecule is CC(=O)NC1C(OC(C)=O)[C@@H](OC(C)=O)C(COC(C)=O)O[C@@H]1[Se][C@H](C)[C@H](NC(=O)OCC1c2ccccc2-c2ccccc21)C(=O)O. The molecule has 3 unspecified atom stereocenters. The van der Waals surface area contributed by atoms with Gasteiger partial charge >= 0.3 is 284 Å². The van der Waals surface area contributed by atoms with Gasteiger partial charge in [-0.2, -0.15) is 0 Å². The average molecular weight is 734 g/mol. The molecule has 1 aliphatic carbocycles. The third kappa shape index (κ3) is 8.91. The normalized spacial score (nSPS) is 22.6. The number of benzene rings is 2. The summed E-state index contributed by atoms with van der Waals surface area (Å²) in [5, 5.41) is 14.3. The first kappa shape index (κ1) is 36.4. The fourth-order valence-corrected chi connectivity index (χ4v) is 8.71. The van der Waals surface area contributed by atoms with Crippen LogP contribution in [0.4, 0.5) is 4.79 Å². The molecule has 1 saturated heterocycles. The summed E-state index contributed by atoms with van der Waals surface area (Å²) in [6.07, 6.45) is -4.62. The van der Waals surface area contributed by atoms with E-state index >= 15 is 0 Å². The number of carbonyl (C=O) groups is 6. The number of esters is 3. The van der Waals surface area contributed by atoms with Crippen LogP contribution >= 0.6 is 0 Å². The Morgan fingerprint density at radius 3 is 1.90 bits per heavy atom. The van der Waals surface area contributed by atoms with Crippen LogP contribution in [-0.4, -0.2) is 105 Å². The van der Waals surface area contributed by atoms with Crippen molar-refractivity contribution < 1.29 is 57.6 Å². The minimum atomic E-state index is -1.44. The van der Waals surface area contributed by atoms with Gasteiger partial charge in [-0.15, -0.1) is 0 Å². The molecule has 48 heavy (non-hydrogen) atoms. The molecule has 1 heterocycles. The summed E-state index contributed by atoms with van der Waals surface area (Å²) in [5.41, 5.74) is 4.07. The first-order valence-corrected chi connectivity index (χ1v) is 17.1. The molecule has 2 aliphatic rings. The summed E-state index contributed by atoms with van der Waals surface area (Å²) in [6, 6.07) is 13.1. The van der Waals surface area contributed by atoms with Crippen molar-refractivity contribution in [1.82, 2.24) is 10.6 Å². The van der Waals surface area contributed by atoms with Crippen LogP contribution in [0, 0.1) is 0 Å². The van der Waals surface area contributed by atoms with E-state index in [0.717, 1.165) is 36.1 Å².